The lowest BCUT2D eigenvalue weighted by atomic mass is 9.90. The summed E-state index contributed by atoms with van der Waals surface area (Å²) in [5.74, 6) is 0. The smallest absolute Gasteiger partial charge is 0.0836 e. The van der Waals surface area contributed by atoms with E-state index in [0.717, 1.165) is 32.7 Å². The zero-order valence-electron chi connectivity index (χ0n) is 8.34. The average molecular weight is 185 g/mol. The molecule has 2 saturated heterocycles. The number of rotatable bonds is 2. The molecule has 2 heterocycles. The molecule has 1 N–H and O–H groups in total. The SMILES string of the molecule is CCOC1COC2(CCCNC2)C1. The van der Waals surface area contributed by atoms with Gasteiger partial charge in [0.25, 0.3) is 0 Å². The van der Waals surface area contributed by atoms with Crippen molar-refractivity contribution >= 4 is 0 Å². The van der Waals surface area contributed by atoms with Crippen molar-refractivity contribution in [3.8, 4) is 0 Å². The van der Waals surface area contributed by atoms with Crippen molar-refractivity contribution in [1.29, 1.82) is 0 Å². The molecule has 3 nitrogen and oxygen atoms in total. The van der Waals surface area contributed by atoms with E-state index in [9.17, 15) is 0 Å². The Labute approximate surface area is 79.8 Å². The molecular weight excluding hydrogens is 166 g/mol. The molecule has 0 saturated carbocycles. The quantitative estimate of drug-likeness (QED) is 0.694. The Bertz CT molecular complexity index is 166. The molecular formula is C10H19NO2. The van der Waals surface area contributed by atoms with Crippen molar-refractivity contribution in [1.82, 2.24) is 5.32 Å². The monoisotopic (exact) mass is 185 g/mol. The van der Waals surface area contributed by atoms with Crippen LogP contribution in [0.2, 0.25) is 0 Å². The van der Waals surface area contributed by atoms with Crippen molar-refractivity contribution in [2.45, 2.75) is 37.9 Å². The molecule has 0 radical (unpaired) electrons. The predicted octanol–water partition coefficient (Wildman–Crippen LogP) is 0.934. The molecule has 0 aromatic carbocycles. The van der Waals surface area contributed by atoms with Gasteiger partial charge < -0.3 is 14.8 Å². The third-order valence-electron chi connectivity index (χ3n) is 3.01. The third kappa shape index (κ3) is 2.03. The Balaban J connectivity index is 1.87. The van der Waals surface area contributed by atoms with Gasteiger partial charge in [0.2, 0.25) is 0 Å². The number of ether oxygens (including phenoxy) is 2. The topological polar surface area (TPSA) is 30.5 Å². The second-order valence-electron chi connectivity index (χ2n) is 4.06. The van der Waals surface area contributed by atoms with Gasteiger partial charge in [-0.2, -0.15) is 0 Å². The summed E-state index contributed by atoms with van der Waals surface area (Å²) in [6.07, 6.45) is 3.85. The van der Waals surface area contributed by atoms with Crippen LogP contribution in [-0.2, 0) is 9.47 Å². The first-order valence-electron chi connectivity index (χ1n) is 5.31. The summed E-state index contributed by atoms with van der Waals surface area (Å²) in [7, 11) is 0. The van der Waals surface area contributed by atoms with E-state index in [2.05, 4.69) is 5.32 Å². The molecule has 0 bridgehead atoms. The fraction of sp³-hybridized carbons (Fsp3) is 1.00. The van der Waals surface area contributed by atoms with E-state index in [0.29, 0.717) is 6.10 Å². The van der Waals surface area contributed by atoms with Gasteiger partial charge in [-0.05, 0) is 26.3 Å². The summed E-state index contributed by atoms with van der Waals surface area (Å²) in [6, 6.07) is 0. The van der Waals surface area contributed by atoms with E-state index in [1.807, 2.05) is 6.92 Å². The first kappa shape index (κ1) is 9.44. The van der Waals surface area contributed by atoms with Crippen molar-refractivity contribution < 1.29 is 9.47 Å². The number of hydrogen-bond acceptors (Lipinski definition) is 3. The summed E-state index contributed by atoms with van der Waals surface area (Å²) >= 11 is 0. The first-order valence-corrected chi connectivity index (χ1v) is 5.31. The van der Waals surface area contributed by atoms with Crippen LogP contribution in [0, 0.1) is 0 Å². The first-order chi connectivity index (χ1) is 6.35. The van der Waals surface area contributed by atoms with Crippen molar-refractivity contribution in [3.63, 3.8) is 0 Å². The molecule has 3 heteroatoms. The molecule has 2 unspecified atom stereocenters. The average Bonchev–Trinajstić information content (AvgIpc) is 2.51. The van der Waals surface area contributed by atoms with Crippen LogP contribution in [0.1, 0.15) is 26.2 Å². The second kappa shape index (κ2) is 3.95. The van der Waals surface area contributed by atoms with E-state index in [4.69, 9.17) is 9.47 Å². The van der Waals surface area contributed by atoms with Crippen molar-refractivity contribution in [3.05, 3.63) is 0 Å². The van der Waals surface area contributed by atoms with Gasteiger partial charge in [0.1, 0.15) is 0 Å². The summed E-state index contributed by atoms with van der Waals surface area (Å²) in [4.78, 5) is 0. The molecule has 2 aliphatic rings. The maximum Gasteiger partial charge on any atom is 0.0836 e. The van der Waals surface area contributed by atoms with Gasteiger partial charge >= 0.3 is 0 Å². The molecule has 0 amide bonds. The lowest BCUT2D eigenvalue weighted by molar-refractivity contribution is -0.0181. The minimum Gasteiger partial charge on any atom is -0.376 e. The minimum absolute atomic E-state index is 0.109. The molecule has 2 fully saturated rings. The molecule has 0 aromatic rings. The Kier molecular flexibility index (Phi) is 2.86. The van der Waals surface area contributed by atoms with Gasteiger partial charge in [0, 0.05) is 19.6 Å². The molecule has 2 aliphatic heterocycles. The second-order valence-corrected chi connectivity index (χ2v) is 4.06. The van der Waals surface area contributed by atoms with E-state index < -0.39 is 0 Å². The zero-order valence-corrected chi connectivity index (χ0v) is 8.34. The third-order valence-corrected chi connectivity index (χ3v) is 3.01. The highest BCUT2D eigenvalue weighted by Gasteiger charge is 2.41. The summed E-state index contributed by atoms with van der Waals surface area (Å²) in [5, 5.41) is 3.40. The fourth-order valence-electron chi connectivity index (χ4n) is 2.38. The van der Waals surface area contributed by atoms with E-state index >= 15 is 0 Å². The Morgan fingerprint density at radius 1 is 1.62 bits per heavy atom. The number of nitrogens with one attached hydrogen (secondary N) is 1. The van der Waals surface area contributed by atoms with Crippen LogP contribution in [-0.4, -0.2) is 38.0 Å². The van der Waals surface area contributed by atoms with Crippen molar-refractivity contribution in [2.24, 2.45) is 0 Å². The number of piperidine rings is 1. The minimum atomic E-state index is 0.109. The largest absolute Gasteiger partial charge is 0.376 e. The highest BCUT2D eigenvalue weighted by atomic mass is 16.6. The predicted molar refractivity (Wildman–Crippen MR) is 50.8 cm³/mol. The van der Waals surface area contributed by atoms with Gasteiger partial charge in [-0.3, -0.25) is 0 Å². The highest BCUT2D eigenvalue weighted by molar-refractivity contribution is 4.94. The molecule has 0 aromatic heterocycles. The van der Waals surface area contributed by atoms with Crippen LogP contribution >= 0.6 is 0 Å². The Morgan fingerprint density at radius 2 is 2.54 bits per heavy atom. The standard InChI is InChI=1S/C10H19NO2/c1-2-12-9-6-10(13-7-9)4-3-5-11-8-10/h9,11H,2-8H2,1H3. The van der Waals surface area contributed by atoms with Crippen molar-refractivity contribution in [2.75, 3.05) is 26.3 Å². The van der Waals surface area contributed by atoms with Crippen LogP contribution in [0.15, 0.2) is 0 Å². The van der Waals surface area contributed by atoms with Crippen LogP contribution in [0.25, 0.3) is 0 Å². The molecule has 13 heavy (non-hydrogen) atoms. The summed E-state index contributed by atoms with van der Waals surface area (Å²) in [6.45, 7) is 5.79. The van der Waals surface area contributed by atoms with E-state index in [1.54, 1.807) is 0 Å². The van der Waals surface area contributed by atoms with Crippen LogP contribution < -0.4 is 5.32 Å². The lowest BCUT2D eigenvalue weighted by Crippen LogP contribution is -2.45. The van der Waals surface area contributed by atoms with Gasteiger partial charge in [0.15, 0.2) is 0 Å². The lowest BCUT2D eigenvalue weighted by Gasteiger charge is -2.32. The molecule has 1 spiro atoms. The van der Waals surface area contributed by atoms with Crippen LogP contribution in [0.3, 0.4) is 0 Å². The van der Waals surface area contributed by atoms with Gasteiger partial charge in [-0.25, -0.2) is 0 Å². The van der Waals surface area contributed by atoms with Gasteiger partial charge in [0.05, 0.1) is 18.3 Å². The maximum absolute atomic E-state index is 5.86. The molecule has 76 valence electrons. The van der Waals surface area contributed by atoms with E-state index in [-0.39, 0.29) is 5.60 Å². The van der Waals surface area contributed by atoms with Crippen LogP contribution in [0.5, 0.6) is 0 Å². The molecule has 2 atom stereocenters. The van der Waals surface area contributed by atoms with E-state index in [1.165, 1.54) is 12.8 Å². The maximum atomic E-state index is 5.86. The summed E-state index contributed by atoms with van der Waals surface area (Å²) in [5.41, 5.74) is 0.109. The number of hydrogen-bond donors (Lipinski definition) is 1. The van der Waals surface area contributed by atoms with Gasteiger partial charge in [-0.15, -0.1) is 0 Å². The molecule has 0 aliphatic carbocycles. The molecule has 2 rings (SSSR count). The fourth-order valence-corrected chi connectivity index (χ4v) is 2.38. The Morgan fingerprint density at radius 3 is 3.23 bits per heavy atom. The zero-order chi connectivity index (χ0) is 9.15. The summed E-state index contributed by atoms with van der Waals surface area (Å²) < 4.78 is 11.4. The normalized spacial score (nSPS) is 39.9. The van der Waals surface area contributed by atoms with Crippen LogP contribution in [0.4, 0.5) is 0 Å². The van der Waals surface area contributed by atoms with Gasteiger partial charge in [-0.1, -0.05) is 0 Å². The highest BCUT2D eigenvalue weighted by Crippen LogP contribution is 2.33. The Hall–Kier alpha value is -0.120.